The maximum Gasteiger partial charge on any atom is 0.223 e. The fourth-order valence-electron chi connectivity index (χ4n) is 3.43. The van der Waals surface area contributed by atoms with Crippen molar-refractivity contribution in [2.45, 2.75) is 12.8 Å². The van der Waals surface area contributed by atoms with Crippen LogP contribution in [0.25, 0.3) is 0 Å². The van der Waals surface area contributed by atoms with Crippen molar-refractivity contribution in [2.24, 2.45) is 5.92 Å². The third-order valence-electron chi connectivity index (χ3n) is 4.78. The Morgan fingerprint density at radius 3 is 2.41 bits per heavy atom. The van der Waals surface area contributed by atoms with Gasteiger partial charge in [0.15, 0.2) is 0 Å². The first-order valence-corrected chi connectivity index (χ1v) is 8.08. The van der Waals surface area contributed by atoms with Crippen LogP contribution in [-0.2, 0) is 4.79 Å². The van der Waals surface area contributed by atoms with E-state index in [1.807, 2.05) is 4.90 Å². The Hall–Kier alpha value is -1.62. The van der Waals surface area contributed by atoms with Gasteiger partial charge in [-0.3, -0.25) is 4.79 Å². The van der Waals surface area contributed by atoms with Gasteiger partial charge in [0.2, 0.25) is 5.91 Å². The summed E-state index contributed by atoms with van der Waals surface area (Å²) in [6.45, 7) is 5.32. The van der Waals surface area contributed by atoms with Gasteiger partial charge >= 0.3 is 0 Å². The zero-order valence-corrected chi connectivity index (χ0v) is 13.2. The van der Waals surface area contributed by atoms with Crippen LogP contribution in [-0.4, -0.2) is 62.0 Å². The summed E-state index contributed by atoms with van der Waals surface area (Å²) in [7, 11) is 2.12. The zero-order chi connectivity index (χ0) is 15.5. The van der Waals surface area contributed by atoms with Crippen LogP contribution in [0.4, 0.5) is 10.1 Å². The number of nitrogens with zero attached hydrogens (tertiary/aromatic N) is 3. The molecule has 2 aliphatic heterocycles. The zero-order valence-electron chi connectivity index (χ0n) is 13.2. The molecule has 2 aliphatic rings. The van der Waals surface area contributed by atoms with E-state index in [2.05, 4.69) is 16.8 Å². The van der Waals surface area contributed by atoms with Gasteiger partial charge < -0.3 is 14.7 Å². The monoisotopic (exact) mass is 305 g/mol. The summed E-state index contributed by atoms with van der Waals surface area (Å²) in [5.74, 6) is 0.603. The molecule has 0 saturated carbocycles. The van der Waals surface area contributed by atoms with Crippen LogP contribution >= 0.6 is 0 Å². The largest absolute Gasteiger partial charge is 0.368 e. The predicted octanol–water partition coefficient (Wildman–Crippen LogP) is 1.82. The van der Waals surface area contributed by atoms with Crippen molar-refractivity contribution in [1.29, 1.82) is 0 Å². The van der Waals surface area contributed by atoms with E-state index in [0.29, 0.717) is 18.2 Å². The highest BCUT2D eigenvalue weighted by atomic mass is 19.1. The van der Waals surface area contributed by atoms with E-state index in [0.717, 1.165) is 51.4 Å². The lowest BCUT2D eigenvalue weighted by Crippen LogP contribution is -2.49. The van der Waals surface area contributed by atoms with Crippen LogP contribution in [0.15, 0.2) is 24.3 Å². The number of rotatable bonds is 3. The Bertz CT molecular complexity index is 511. The molecule has 0 bridgehead atoms. The van der Waals surface area contributed by atoms with E-state index in [1.54, 1.807) is 12.1 Å². The first-order chi connectivity index (χ1) is 10.6. The van der Waals surface area contributed by atoms with E-state index in [9.17, 15) is 9.18 Å². The molecule has 1 aromatic rings. The van der Waals surface area contributed by atoms with E-state index in [4.69, 9.17) is 0 Å². The minimum atomic E-state index is -0.209. The molecule has 1 atom stereocenters. The fourth-order valence-corrected chi connectivity index (χ4v) is 3.43. The molecular weight excluding hydrogens is 281 g/mol. The van der Waals surface area contributed by atoms with Gasteiger partial charge in [-0.1, -0.05) is 0 Å². The summed E-state index contributed by atoms with van der Waals surface area (Å²) in [4.78, 5) is 18.9. The third kappa shape index (κ3) is 3.58. The van der Waals surface area contributed by atoms with Crippen LogP contribution in [0.3, 0.4) is 0 Å². The lowest BCUT2D eigenvalue weighted by Gasteiger charge is -2.36. The molecule has 0 radical (unpaired) electrons. The van der Waals surface area contributed by atoms with Gasteiger partial charge in [0.05, 0.1) is 0 Å². The number of hydrogen-bond donors (Lipinski definition) is 0. The second kappa shape index (κ2) is 6.65. The van der Waals surface area contributed by atoms with E-state index in [-0.39, 0.29) is 5.82 Å². The number of hydrogen-bond acceptors (Lipinski definition) is 3. The Morgan fingerprint density at radius 2 is 1.82 bits per heavy atom. The van der Waals surface area contributed by atoms with Crippen LogP contribution in [0, 0.1) is 11.7 Å². The van der Waals surface area contributed by atoms with E-state index >= 15 is 0 Å². The molecule has 2 saturated heterocycles. The van der Waals surface area contributed by atoms with Gasteiger partial charge in [0.1, 0.15) is 5.82 Å². The van der Waals surface area contributed by atoms with Crippen LogP contribution in [0.1, 0.15) is 12.8 Å². The van der Waals surface area contributed by atoms with Crippen LogP contribution < -0.4 is 4.90 Å². The van der Waals surface area contributed by atoms with Crippen molar-refractivity contribution in [3.63, 3.8) is 0 Å². The number of likely N-dealkylation sites (tertiary alicyclic amines) is 1. The van der Waals surface area contributed by atoms with Gasteiger partial charge in [-0.05, 0) is 50.2 Å². The minimum Gasteiger partial charge on any atom is -0.368 e. The number of anilines is 1. The van der Waals surface area contributed by atoms with Gasteiger partial charge in [-0.25, -0.2) is 4.39 Å². The van der Waals surface area contributed by atoms with Crippen molar-refractivity contribution in [2.75, 3.05) is 51.2 Å². The number of benzene rings is 1. The lowest BCUT2D eigenvalue weighted by atomic mass is 10.0. The summed E-state index contributed by atoms with van der Waals surface area (Å²) in [5, 5.41) is 0. The van der Waals surface area contributed by atoms with E-state index < -0.39 is 0 Å². The predicted molar refractivity (Wildman–Crippen MR) is 85.4 cm³/mol. The molecule has 0 aliphatic carbocycles. The van der Waals surface area contributed by atoms with Crippen molar-refractivity contribution >= 4 is 11.6 Å². The Balaban J connectivity index is 1.48. The second-order valence-corrected chi connectivity index (χ2v) is 6.47. The molecule has 5 heteroatoms. The quantitative estimate of drug-likeness (QED) is 0.852. The Kier molecular flexibility index (Phi) is 4.62. The molecule has 22 heavy (non-hydrogen) atoms. The SMILES string of the molecule is CN1CCC(CC(=O)N2CCN(c3ccc(F)cc3)CC2)C1. The minimum absolute atomic E-state index is 0.209. The highest BCUT2D eigenvalue weighted by Gasteiger charge is 2.26. The Morgan fingerprint density at radius 1 is 1.14 bits per heavy atom. The van der Waals surface area contributed by atoms with Gasteiger partial charge in [0, 0.05) is 44.8 Å². The topological polar surface area (TPSA) is 26.8 Å². The highest BCUT2D eigenvalue weighted by Crippen LogP contribution is 2.21. The van der Waals surface area contributed by atoms with Crippen LogP contribution in [0.5, 0.6) is 0 Å². The lowest BCUT2D eigenvalue weighted by molar-refractivity contribution is -0.132. The van der Waals surface area contributed by atoms with Crippen molar-refractivity contribution in [1.82, 2.24) is 9.80 Å². The molecule has 4 nitrogen and oxygen atoms in total. The smallest absolute Gasteiger partial charge is 0.223 e. The summed E-state index contributed by atoms with van der Waals surface area (Å²) < 4.78 is 13.0. The van der Waals surface area contributed by atoms with Gasteiger partial charge in [-0.2, -0.15) is 0 Å². The molecule has 2 fully saturated rings. The number of halogens is 1. The van der Waals surface area contributed by atoms with Crippen molar-refractivity contribution in [3.8, 4) is 0 Å². The summed E-state index contributed by atoms with van der Waals surface area (Å²) in [6, 6.07) is 6.59. The first-order valence-electron chi connectivity index (χ1n) is 8.08. The fraction of sp³-hybridized carbons (Fsp3) is 0.588. The van der Waals surface area contributed by atoms with Gasteiger partial charge in [0.25, 0.3) is 0 Å². The van der Waals surface area contributed by atoms with Crippen molar-refractivity contribution < 1.29 is 9.18 Å². The second-order valence-electron chi connectivity index (χ2n) is 6.47. The molecule has 3 rings (SSSR count). The molecule has 1 amide bonds. The molecule has 0 N–H and O–H groups in total. The molecule has 0 spiro atoms. The first kappa shape index (κ1) is 15.3. The average Bonchev–Trinajstić information content (AvgIpc) is 2.93. The number of amides is 1. The summed E-state index contributed by atoms with van der Waals surface area (Å²) >= 11 is 0. The summed E-state index contributed by atoms with van der Waals surface area (Å²) in [5.41, 5.74) is 1.03. The van der Waals surface area contributed by atoms with Crippen molar-refractivity contribution in [3.05, 3.63) is 30.1 Å². The molecule has 120 valence electrons. The average molecular weight is 305 g/mol. The molecule has 1 aromatic carbocycles. The number of piperazine rings is 1. The summed E-state index contributed by atoms with van der Waals surface area (Å²) in [6.07, 6.45) is 1.82. The number of carbonyl (C=O) groups excluding carboxylic acids is 1. The normalized spacial score (nSPS) is 23.1. The highest BCUT2D eigenvalue weighted by molar-refractivity contribution is 5.76. The maximum absolute atomic E-state index is 13.0. The molecule has 0 aromatic heterocycles. The number of carbonyl (C=O) groups is 1. The standard InChI is InChI=1S/C17H24FN3O/c1-19-7-6-14(13-19)12-17(22)21-10-8-20(9-11-21)16-4-2-15(18)3-5-16/h2-5,14H,6-13H2,1H3. The van der Waals surface area contributed by atoms with Gasteiger partial charge in [-0.15, -0.1) is 0 Å². The van der Waals surface area contributed by atoms with Crippen LogP contribution in [0.2, 0.25) is 0 Å². The molecule has 2 heterocycles. The maximum atomic E-state index is 13.0. The van der Waals surface area contributed by atoms with E-state index in [1.165, 1.54) is 12.1 Å². The Labute approximate surface area is 131 Å². The molecule has 1 unspecified atom stereocenters. The third-order valence-corrected chi connectivity index (χ3v) is 4.78. The molecular formula is C17H24FN3O.